The van der Waals surface area contributed by atoms with Gasteiger partial charge < -0.3 is 4.90 Å². The van der Waals surface area contributed by atoms with Crippen LogP contribution >= 0.6 is 0 Å². The fraction of sp³-hybridized carbons (Fsp3) is 0.526. The average molecular weight is 394 g/mol. The summed E-state index contributed by atoms with van der Waals surface area (Å²) in [5, 5.41) is 4.23. The molecule has 0 N–H and O–H groups in total. The van der Waals surface area contributed by atoms with E-state index in [0.717, 1.165) is 23.6 Å². The summed E-state index contributed by atoms with van der Waals surface area (Å²) in [5.74, 6) is -2.62. The summed E-state index contributed by atoms with van der Waals surface area (Å²) in [5.41, 5.74) is -0.711. The largest absolute Gasteiger partial charge is 0.346 e. The summed E-state index contributed by atoms with van der Waals surface area (Å²) < 4.78 is 42.9. The quantitative estimate of drug-likeness (QED) is 0.751. The smallest absolute Gasteiger partial charge is 0.341 e. The van der Waals surface area contributed by atoms with E-state index in [0.29, 0.717) is 43.7 Å². The van der Waals surface area contributed by atoms with Crippen molar-refractivity contribution in [1.82, 2.24) is 19.2 Å². The van der Waals surface area contributed by atoms with Gasteiger partial charge in [0.05, 0.1) is 6.54 Å². The van der Waals surface area contributed by atoms with Gasteiger partial charge in [0.2, 0.25) is 5.91 Å². The molecule has 2 atom stereocenters. The second-order valence-electron chi connectivity index (χ2n) is 7.67. The van der Waals surface area contributed by atoms with Crippen molar-refractivity contribution in [2.45, 2.75) is 45.2 Å². The van der Waals surface area contributed by atoms with Crippen molar-refractivity contribution >= 4 is 5.91 Å². The zero-order valence-corrected chi connectivity index (χ0v) is 15.5. The third-order valence-corrected chi connectivity index (χ3v) is 5.56. The Balaban J connectivity index is 1.65. The van der Waals surface area contributed by atoms with Crippen LogP contribution in [0.25, 0.3) is 0 Å². The molecular weight excluding hydrogens is 373 g/mol. The molecule has 6 nitrogen and oxygen atoms in total. The fourth-order valence-electron chi connectivity index (χ4n) is 4.06. The van der Waals surface area contributed by atoms with E-state index in [2.05, 4.69) is 12.0 Å². The number of halogens is 3. The highest BCUT2D eigenvalue weighted by Gasteiger charge is 2.35. The molecule has 9 heteroatoms. The summed E-state index contributed by atoms with van der Waals surface area (Å²) in [4.78, 5) is 27.6. The normalized spacial score (nSPS) is 21.8. The maximum absolute atomic E-state index is 14.0. The monoisotopic (exact) mass is 394 g/mol. The Hall–Kier alpha value is -2.58. The zero-order valence-electron chi connectivity index (χ0n) is 15.5. The van der Waals surface area contributed by atoms with Crippen LogP contribution in [0.4, 0.5) is 13.2 Å². The Kier molecular flexibility index (Phi) is 4.76. The lowest BCUT2D eigenvalue weighted by molar-refractivity contribution is -0.134. The fourth-order valence-corrected chi connectivity index (χ4v) is 4.06. The van der Waals surface area contributed by atoms with Crippen molar-refractivity contribution in [3.63, 3.8) is 0 Å². The number of carbonyl (C=O) groups excluding carboxylic acids is 1. The molecule has 1 aromatic carbocycles. The molecule has 0 radical (unpaired) electrons. The topological polar surface area (TPSA) is 60.1 Å². The van der Waals surface area contributed by atoms with Crippen LogP contribution in [0.2, 0.25) is 0 Å². The number of hydrogen-bond acceptors (Lipinski definition) is 3. The lowest BCUT2D eigenvalue weighted by atomic mass is 10.0. The third-order valence-electron chi connectivity index (χ3n) is 5.56. The van der Waals surface area contributed by atoms with Crippen LogP contribution in [-0.4, -0.2) is 38.2 Å². The van der Waals surface area contributed by atoms with Crippen LogP contribution in [0, 0.1) is 23.4 Å². The van der Waals surface area contributed by atoms with E-state index in [-0.39, 0.29) is 18.0 Å². The Labute approximate surface area is 159 Å². The molecule has 0 unspecified atom stereocenters. The summed E-state index contributed by atoms with van der Waals surface area (Å²) in [6.07, 6.45) is 2.73. The molecule has 28 heavy (non-hydrogen) atoms. The number of aromatic nitrogens is 3. The molecule has 2 aliphatic heterocycles. The SMILES string of the molecule is C[C@H]1CCN(C(=O)[C@@H]2CCCc3nn(Cc4cc(F)c(F)cc4F)c(=O)n32)C1. The molecule has 1 saturated heterocycles. The number of rotatable bonds is 3. The first-order chi connectivity index (χ1) is 13.3. The minimum atomic E-state index is -1.29. The number of likely N-dealkylation sites (tertiary alicyclic amines) is 1. The molecule has 1 amide bonds. The third kappa shape index (κ3) is 3.22. The van der Waals surface area contributed by atoms with E-state index in [4.69, 9.17) is 0 Å². The maximum atomic E-state index is 14.0. The predicted octanol–water partition coefficient (Wildman–Crippen LogP) is 2.26. The molecule has 0 aliphatic carbocycles. The van der Waals surface area contributed by atoms with Gasteiger partial charge in [0.15, 0.2) is 11.6 Å². The van der Waals surface area contributed by atoms with Crippen LogP contribution in [-0.2, 0) is 17.8 Å². The summed E-state index contributed by atoms with van der Waals surface area (Å²) >= 11 is 0. The first-order valence-corrected chi connectivity index (χ1v) is 9.45. The van der Waals surface area contributed by atoms with Crippen LogP contribution in [0.15, 0.2) is 16.9 Å². The van der Waals surface area contributed by atoms with Crippen molar-refractivity contribution in [1.29, 1.82) is 0 Å². The second kappa shape index (κ2) is 7.10. The lowest BCUT2D eigenvalue weighted by Gasteiger charge is -2.27. The highest BCUT2D eigenvalue weighted by Crippen LogP contribution is 2.27. The van der Waals surface area contributed by atoms with Crippen LogP contribution < -0.4 is 5.69 Å². The van der Waals surface area contributed by atoms with E-state index in [9.17, 15) is 22.8 Å². The molecular formula is C19H21F3N4O2. The number of amides is 1. The molecule has 0 bridgehead atoms. The first kappa shape index (κ1) is 18.8. The van der Waals surface area contributed by atoms with Crippen molar-refractivity contribution in [2.24, 2.45) is 5.92 Å². The molecule has 0 saturated carbocycles. The second-order valence-corrected chi connectivity index (χ2v) is 7.67. The van der Waals surface area contributed by atoms with E-state index in [1.165, 1.54) is 4.57 Å². The minimum absolute atomic E-state index is 0.0917. The summed E-state index contributed by atoms with van der Waals surface area (Å²) in [6, 6.07) is 0.557. The number of aryl methyl sites for hydroxylation is 1. The van der Waals surface area contributed by atoms with Gasteiger partial charge in [0.1, 0.15) is 17.7 Å². The van der Waals surface area contributed by atoms with Crippen LogP contribution in [0.5, 0.6) is 0 Å². The Morgan fingerprint density at radius 2 is 1.93 bits per heavy atom. The Bertz CT molecular complexity index is 984. The van der Waals surface area contributed by atoms with Crippen molar-refractivity contribution < 1.29 is 18.0 Å². The Morgan fingerprint density at radius 1 is 1.18 bits per heavy atom. The number of fused-ring (bicyclic) bond motifs is 1. The van der Waals surface area contributed by atoms with E-state index < -0.39 is 29.2 Å². The summed E-state index contributed by atoms with van der Waals surface area (Å²) in [7, 11) is 0. The molecule has 2 aromatic rings. The van der Waals surface area contributed by atoms with Gasteiger partial charge in [-0.2, -0.15) is 5.10 Å². The highest BCUT2D eigenvalue weighted by atomic mass is 19.2. The van der Waals surface area contributed by atoms with Gasteiger partial charge in [-0.05, 0) is 31.2 Å². The molecule has 4 rings (SSSR count). The summed E-state index contributed by atoms with van der Waals surface area (Å²) in [6.45, 7) is 3.10. The first-order valence-electron chi connectivity index (χ1n) is 9.45. The number of carbonyl (C=O) groups is 1. The van der Waals surface area contributed by atoms with E-state index in [1.54, 1.807) is 4.90 Å². The van der Waals surface area contributed by atoms with Gasteiger partial charge in [-0.1, -0.05) is 6.92 Å². The number of nitrogens with zero attached hydrogens (tertiary/aromatic N) is 4. The van der Waals surface area contributed by atoms with E-state index >= 15 is 0 Å². The van der Waals surface area contributed by atoms with Gasteiger partial charge in [-0.3, -0.25) is 9.36 Å². The predicted molar refractivity (Wildman–Crippen MR) is 94.2 cm³/mol. The van der Waals surface area contributed by atoms with Crippen LogP contribution in [0.1, 0.15) is 43.6 Å². The van der Waals surface area contributed by atoms with Gasteiger partial charge in [0, 0.05) is 31.1 Å². The zero-order chi connectivity index (χ0) is 20.0. The van der Waals surface area contributed by atoms with Gasteiger partial charge in [0.25, 0.3) is 0 Å². The Morgan fingerprint density at radius 3 is 2.64 bits per heavy atom. The van der Waals surface area contributed by atoms with Crippen LogP contribution in [0.3, 0.4) is 0 Å². The molecule has 150 valence electrons. The van der Waals surface area contributed by atoms with Crippen molar-refractivity contribution in [2.75, 3.05) is 13.1 Å². The molecule has 1 aromatic heterocycles. The molecule has 0 spiro atoms. The molecule has 2 aliphatic rings. The molecule has 1 fully saturated rings. The standard InChI is InChI=1S/C19H21F3N4O2/c1-11-5-6-24(9-11)18(27)16-3-2-4-17-23-25(19(28)26(16)17)10-12-7-14(21)15(22)8-13(12)20/h7-8,11,16H,2-6,9-10H2,1H3/t11-,16-/m0/s1. The number of hydrogen-bond donors (Lipinski definition) is 0. The van der Waals surface area contributed by atoms with Gasteiger partial charge in [-0.15, -0.1) is 0 Å². The maximum Gasteiger partial charge on any atom is 0.346 e. The minimum Gasteiger partial charge on any atom is -0.341 e. The average Bonchev–Trinajstić information content (AvgIpc) is 3.23. The molecule has 3 heterocycles. The van der Waals surface area contributed by atoms with Crippen molar-refractivity contribution in [3.05, 3.63) is 51.5 Å². The lowest BCUT2D eigenvalue weighted by Crippen LogP contribution is -2.41. The van der Waals surface area contributed by atoms with Gasteiger partial charge >= 0.3 is 5.69 Å². The van der Waals surface area contributed by atoms with E-state index in [1.807, 2.05) is 0 Å². The number of benzene rings is 1. The van der Waals surface area contributed by atoms with Crippen molar-refractivity contribution in [3.8, 4) is 0 Å². The van der Waals surface area contributed by atoms with Gasteiger partial charge in [-0.25, -0.2) is 22.6 Å². The highest BCUT2D eigenvalue weighted by molar-refractivity contribution is 5.81.